The quantitative estimate of drug-likeness (QED) is 0.661. The first-order chi connectivity index (χ1) is 12.8. The summed E-state index contributed by atoms with van der Waals surface area (Å²) in [6.07, 6.45) is 6.08. The normalized spacial score (nSPS) is 22.9. The Bertz CT molecular complexity index is 949. The molecule has 0 aliphatic carbocycles. The zero-order valence-corrected chi connectivity index (χ0v) is 16.9. The van der Waals surface area contributed by atoms with Gasteiger partial charge in [-0.15, -0.1) is 24.8 Å². The molecule has 0 spiro atoms. The molecule has 1 amide bonds. The van der Waals surface area contributed by atoms with E-state index in [1.807, 2.05) is 42.5 Å². The molecule has 1 aromatic carbocycles. The van der Waals surface area contributed by atoms with Gasteiger partial charge in [0.25, 0.3) is 5.91 Å². The topological polar surface area (TPSA) is 67.2 Å². The lowest BCUT2D eigenvalue weighted by molar-refractivity contribution is 0.0925. The second-order valence-corrected chi connectivity index (χ2v) is 7.33. The first-order valence-electron chi connectivity index (χ1n) is 9.27. The predicted octanol–water partition coefficient (Wildman–Crippen LogP) is 4.35. The Morgan fingerprint density at radius 2 is 1.82 bits per heavy atom. The molecule has 2 bridgehead atoms. The number of hydrogen-bond donors (Lipinski definition) is 2. The Hall–Kier alpha value is -2.08. The smallest absolute Gasteiger partial charge is 0.252 e. The van der Waals surface area contributed by atoms with Crippen LogP contribution in [0.3, 0.4) is 0 Å². The minimum absolute atomic E-state index is 0. The van der Waals surface area contributed by atoms with Crippen LogP contribution < -0.4 is 10.6 Å². The first-order valence-corrected chi connectivity index (χ1v) is 9.27. The number of benzene rings is 1. The average Bonchev–Trinajstić information content (AvgIpc) is 3.30. The van der Waals surface area contributed by atoms with Crippen LogP contribution in [-0.4, -0.2) is 29.0 Å². The maximum absolute atomic E-state index is 13.1. The minimum atomic E-state index is -0.0253. The van der Waals surface area contributed by atoms with E-state index in [1.165, 1.54) is 12.8 Å². The molecule has 2 unspecified atom stereocenters. The second kappa shape index (κ2) is 8.52. The number of piperidine rings is 1. The number of hydrogen-bond acceptors (Lipinski definition) is 4. The van der Waals surface area contributed by atoms with E-state index in [-0.39, 0.29) is 36.8 Å². The lowest BCUT2D eigenvalue weighted by atomic mass is 9.98. The molecule has 2 atom stereocenters. The molecule has 28 heavy (non-hydrogen) atoms. The monoisotopic (exact) mass is 419 g/mol. The summed E-state index contributed by atoms with van der Waals surface area (Å²) in [5.41, 5.74) is 2.15. The van der Waals surface area contributed by atoms with Gasteiger partial charge in [-0.3, -0.25) is 4.79 Å². The van der Waals surface area contributed by atoms with Crippen molar-refractivity contribution < 1.29 is 9.21 Å². The number of aromatic nitrogens is 1. The summed E-state index contributed by atoms with van der Waals surface area (Å²) in [4.78, 5) is 17.8. The van der Waals surface area contributed by atoms with E-state index >= 15 is 0 Å². The molecule has 2 aliphatic rings. The summed E-state index contributed by atoms with van der Waals surface area (Å²) in [6, 6.07) is 14.6. The molecule has 2 saturated heterocycles. The summed E-state index contributed by atoms with van der Waals surface area (Å²) < 4.78 is 5.49. The molecule has 2 fully saturated rings. The number of para-hydroxylation sites is 1. The van der Waals surface area contributed by atoms with E-state index in [0.29, 0.717) is 29.1 Å². The van der Waals surface area contributed by atoms with Gasteiger partial charge in [-0.25, -0.2) is 4.98 Å². The molecular formula is C21H23Cl2N3O2. The number of pyridine rings is 1. The van der Waals surface area contributed by atoms with Crippen LogP contribution in [0.4, 0.5) is 0 Å². The standard InChI is InChI=1S/C21H21N3O2.2ClH/c25-21(23-15-10-13-7-8-14(11-15)22-13)17-12-19(20-6-3-9-26-20)24-18-5-2-1-4-16(17)18;;/h1-6,9,12-15,22H,7-8,10-11H2,(H,23,25);2*1H. The molecule has 5 rings (SSSR count). The van der Waals surface area contributed by atoms with Crippen LogP contribution in [0, 0.1) is 0 Å². The van der Waals surface area contributed by atoms with Crippen LogP contribution in [0.15, 0.2) is 53.1 Å². The molecule has 7 heteroatoms. The fourth-order valence-electron chi connectivity index (χ4n) is 4.35. The van der Waals surface area contributed by atoms with E-state index < -0.39 is 0 Å². The van der Waals surface area contributed by atoms with Crippen molar-refractivity contribution in [2.24, 2.45) is 0 Å². The van der Waals surface area contributed by atoms with Crippen molar-refractivity contribution in [3.63, 3.8) is 0 Å². The Morgan fingerprint density at radius 1 is 1.07 bits per heavy atom. The van der Waals surface area contributed by atoms with E-state index in [0.717, 1.165) is 23.7 Å². The number of nitrogens with zero attached hydrogens (tertiary/aromatic N) is 1. The van der Waals surface area contributed by atoms with Gasteiger partial charge in [0.15, 0.2) is 5.76 Å². The van der Waals surface area contributed by atoms with Crippen molar-refractivity contribution in [3.8, 4) is 11.5 Å². The van der Waals surface area contributed by atoms with Crippen molar-refractivity contribution >= 4 is 41.6 Å². The van der Waals surface area contributed by atoms with Crippen molar-refractivity contribution in [3.05, 3.63) is 54.3 Å². The zero-order valence-electron chi connectivity index (χ0n) is 15.3. The molecule has 148 valence electrons. The van der Waals surface area contributed by atoms with Crippen LogP contribution in [0.5, 0.6) is 0 Å². The number of nitrogens with one attached hydrogen (secondary N) is 2. The third-order valence-electron chi connectivity index (χ3n) is 5.54. The highest BCUT2D eigenvalue weighted by Gasteiger charge is 2.34. The minimum Gasteiger partial charge on any atom is -0.463 e. The highest BCUT2D eigenvalue weighted by atomic mass is 35.5. The summed E-state index contributed by atoms with van der Waals surface area (Å²) in [5, 5.41) is 7.75. The molecule has 0 saturated carbocycles. The van der Waals surface area contributed by atoms with Gasteiger partial charge in [0.1, 0.15) is 5.69 Å². The Balaban J connectivity index is 0.00000112. The van der Waals surface area contributed by atoms with Gasteiger partial charge >= 0.3 is 0 Å². The molecular weight excluding hydrogens is 397 g/mol. The van der Waals surface area contributed by atoms with Crippen LogP contribution >= 0.6 is 24.8 Å². The second-order valence-electron chi connectivity index (χ2n) is 7.33. The largest absolute Gasteiger partial charge is 0.463 e. The summed E-state index contributed by atoms with van der Waals surface area (Å²) in [5.74, 6) is 0.646. The fraction of sp³-hybridized carbons (Fsp3) is 0.333. The van der Waals surface area contributed by atoms with Crippen molar-refractivity contribution in [1.82, 2.24) is 15.6 Å². The van der Waals surface area contributed by atoms with E-state index in [2.05, 4.69) is 15.6 Å². The van der Waals surface area contributed by atoms with Gasteiger partial charge in [0.05, 0.1) is 17.3 Å². The first kappa shape index (κ1) is 20.6. The number of carbonyl (C=O) groups is 1. The van der Waals surface area contributed by atoms with Crippen molar-refractivity contribution in [2.45, 2.75) is 43.8 Å². The molecule has 2 N–H and O–H groups in total. The number of carbonyl (C=O) groups excluding carboxylic acids is 1. The van der Waals surface area contributed by atoms with E-state index in [1.54, 1.807) is 6.26 Å². The van der Waals surface area contributed by atoms with Gasteiger partial charge in [-0.2, -0.15) is 0 Å². The number of furan rings is 1. The Morgan fingerprint density at radius 3 is 2.54 bits per heavy atom. The van der Waals surface area contributed by atoms with Crippen LogP contribution in [0.2, 0.25) is 0 Å². The SMILES string of the molecule is Cl.Cl.O=C(NC1CC2CCC(C1)N2)c1cc(-c2ccco2)nc2ccccc12. The molecule has 4 heterocycles. The van der Waals surface area contributed by atoms with Crippen LogP contribution in [0.1, 0.15) is 36.0 Å². The summed E-state index contributed by atoms with van der Waals surface area (Å²) in [6.45, 7) is 0. The van der Waals surface area contributed by atoms with Crippen LogP contribution in [-0.2, 0) is 0 Å². The third-order valence-corrected chi connectivity index (χ3v) is 5.54. The molecule has 3 aromatic rings. The maximum atomic E-state index is 13.1. The van der Waals surface area contributed by atoms with E-state index in [9.17, 15) is 4.79 Å². The molecule has 0 radical (unpaired) electrons. The third kappa shape index (κ3) is 3.88. The number of rotatable bonds is 3. The van der Waals surface area contributed by atoms with Crippen LogP contribution in [0.25, 0.3) is 22.4 Å². The highest BCUT2D eigenvalue weighted by Crippen LogP contribution is 2.28. The fourth-order valence-corrected chi connectivity index (χ4v) is 4.35. The predicted molar refractivity (Wildman–Crippen MR) is 114 cm³/mol. The Labute approximate surface area is 176 Å². The summed E-state index contributed by atoms with van der Waals surface area (Å²) in [7, 11) is 0. The molecule has 2 aliphatic heterocycles. The number of fused-ring (bicyclic) bond motifs is 3. The van der Waals surface area contributed by atoms with Gasteiger partial charge in [0.2, 0.25) is 0 Å². The molecule has 2 aromatic heterocycles. The van der Waals surface area contributed by atoms with Gasteiger partial charge < -0.3 is 15.1 Å². The maximum Gasteiger partial charge on any atom is 0.252 e. The lowest BCUT2D eigenvalue weighted by Crippen LogP contribution is -2.48. The number of amides is 1. The molecule has 5 nitrogen and oxygen atoms in total. The van der Waals surface area contributed by atoms with E-state index in [4.69, 9.17) is 4.42 Å². The van der Waals surface area contributed by atoms with Gasteiger partial charge in [-0.1, -0.05) is 18.2 Å². The van der Waals surface area contributed by atoms with Gasteiger partial charge in [0, 0.05) is 23.5 Å². The van der Waals surface area contributed by atoms with Gasteiger partial charge in [-0.05, 0) is 49.9 Å². The van der Waals surface area contributed by atoms with Crippen molar-refractivity contribution in [1.29, 1.82) is 0 Å². The lowest BCUT2D eigenvalue weighted by Gasteiger charge is -2.29. The van der Waals surface area contributed by atoms with Crippen molar-refractivity contribution in [2.75, 3.05) is 0 Å². The average molecular weight is 420 g/mol. The zero-order chi connectivity index (χ0) is 17.5. The summed E-state index contributed by atoms with van der Waals surface area (Å²) >= 11 is 0. The highest BCUT2D eigenvalue weighted by molar-refractivity contribution is 6.07. The number of halogens is 2. The Kier molecular flexibility index (Phi) is 6.28.